The van der Waals surface area contributed by atoms with Gasteiger partial charge in [-0.15, -0.1) is 0 Å². The Morgan fingerprint density at radius 2 is 2.30 bits per heavy atom. The zero-order valence-electron chi connectivity index (χ0n) is 11.0. The molecule has 1 aliphatic heterocycles. The van der Waals surface area contributed by atoms with E-state index in [2.05, 4.69) is 10.5 Å². The lowest BCUT2D eigenvalue weighted by molar-refractivity contribution is -0.137. The number of likely N-dealkylation sites (N-methyl/N-ethyl adjacent to an activating group) is 1. The standard InChI is InChI=1S/C13H16N4O3/c1-17-11(18)6-10(13(17)19)15-7-8-3-2-4-9(5-8)12(14)16-20/h2-5,10,15,20H,6-7H2,1H3,(H2,14,16). The average molecular weight is 276 g/mol. The number of carbonyl (C=O) groups excluding carboxylic acids is 2. The van der Waals surface area contributed by atoms with Crippen molar-refractivity contribution < 1.29 is 14.8 Å². The van der Waals surface area contributed by atoms with Crippen molar-refractivity contribution in [2.45, 2.75) is 19.0 Å². The van der Waals surface area contributed by atoms with E-state index in [9.17, 15) is 9.59 Å². The molecule has 2 rings (SSSR count). The smallest absolute Gasteiger partial charge is 0.246 e. The molecule has 1 unspecified atom stereocenters. The molecule has 1 heterocycles. The molecule has 1 fully saturated rings. The molecule has 2 amide bonds. The van der Waals surface area contributed by atoms with Crippen LogP contribution in [0, 0.1) is 0 Å². The highest BCUT2D eigenvalue weighted by atomic mass is 16.4. The number of nitrogens with one attached hydrogen (secondary N) is 1. The molecule has 106 valence electrons. The first-order valence-corrected chi connectivity index (χ1v) is 6.13. The van der Waals surface area contributed by atoms with Crippen LogP contribution in [0.1, 0.15) is 17.5 Å². The van der Waals surface area contributed by atoms with Crippen LogP contribution >= 0.6 is 0 Å². The van der Waals surface area contributed by atoms with Gasteiger partial charge in [0, 0.05) is 19.2 Å². The highest BCUT2D eigenvalue weighted by Crippen LogP contribution is 2.12. The van der Waals surface area contributed by atoms with Crippen molar-refractivity contribution in [3.8, 4) is 0 Å². The predicted octanol–water partition coefficient (Wildman–Crippen LogP) is -0.372. The first kappa shape index (κ1) is 14.0. The third-order valence-corrected chi connectivity index (χ3v) is 3.26. The Hall–Kier alpha value is -2.41. The lowest BCUT2D eigenvalue weighted by atomic mass is 10.1. The number of benzene rings is 1. The summed E-state index contributed by atoms with van der Waals surface area (Å²) < 4.78 is 0. The SMILES string of the molecule is CN1C(=O)CC(NCc2cccc(C(N)=NO)c2)C1=O. The second kappa shape index (κ2) is 5.70. The molecule has 0 radical (unpaired) electrons. The highest BCUT2D eigenvalue weighted by Gasteiger charge is 2.35. The van der Waals surface area contributed by atoms with Crippen LogP contribution in [0.4, 0.5) is 0 Å². The van der Waals surface area contributed by atoms with Gasteiger partial charge in [-0.2, -0.15) is 0 Å². The topological polar surface area (TPSA) is 108 Å². The monoisotopic (exact) mass is 276 g/mol. The molecule has 1 aromatic carbocycles. The summed E-state index contributed by atoms with van der Waals surface area (Å²) in [5.41, 5.74) is 6.99. The van der Waals surface area contributed by atoms with E-state index >= 15 is 0 Å². The van der Waals surface area contributed by atoms with E-state index in [0.29, 0.717) is 12.1 Å². The highest BCUT2D eigenvalue weighted by molar-refractivity contribution is 6.05. The third kappa shape index (κ3) is 2.77. The predicted molar refractivity (Wildman–Crippen MR) is 72.0 cm³/mol. The molecule has 0 aromatic heterocycles. The zero-order valence-corrected chi connectivity index (χ0v) is 11.0. The largest absolute Gasteiger partial charge is 0.409 e. The van der Waals surface area contributed by atoms with E-state index in [4.69, 9.17) is 10.9 Å². The summed E-state index contributed by atoms with van der Waals surface area (Å²) in [5.74, 6) is -0.376. The van der Waals surface area contributed by atoms with Gasteiger partial charge in [0.2, 0.25) is 11.8 Å². The second-order valence-electron chi connectivity index (χ2n) is 4.61. The van der Waals surface area contributed by atoms with Gasteiger partial charge in [-0.3, -0.25) is 14.5 Å². The molecule has 7 heteroatoms. The molecule has 0 aliphatic carbocycles. The van der Waals surface area contributed by atoms with E-state index < -0.39 is 6.04 Å². The van der Waals surface area contributed by atoms with Crippen LogP contribution < -0.4 is 11.1 Å². The van der Waals surface area contributed by atoms with Crippen LogP contribution in [-0.2, 0) is 16.1 Å². The fraction of sp³-hybridized carbons (Fsp3) is 0.308. The minimum absolute atomic E-state index is 0.0266. The van der Waals surface area contributed by atoms with Crippen LogP contribution in [-0.4, -0.2) is 40.8 Å². The summed E-state index contributed by atoms with van der Waals surface area (Å²) >= 11 is 0. The quantitative estimate of drug-likeness (QED) is 0.228. The molecule has 1 atom stereocenters. The van der Waals surface area contributed by atoms with Gasteiger partial charge in [0.25, 0.3) is 0 Å². The number of amides is 2. The van der Waals surface area contributed by atoms with Crippen molar-refractivity contribution in [2.75, 3.05) is 7.05 Å². The second-order valence-corrected chi connectivity index (χ2v) is 4.61. The summed E-state index contributed by atoms with van der Waals surface area (Å²) in [6, 6.07) is 6.62. The van der Waals surface area contributed by atoms with Crippen LogP contribution in [0.2, 0.25) is 0 Å². The summed E-state index contributed by atoms with van der Waals surface area (Å²) in [4.78, 5) is 24.3. The molecule has 1 aliphatic rings. The number of hydrogen-bond acceptors (Lipinski definition) is 5. The average Bonchev–Trinajstić information content (AvgIpc) is 2.72. The zero-order chi connectivity index (χ0) is 14.7. The van der Waals surface area contributed by atoms with Gasteiger partial charge in [-0.1, -0.05) is 23.4 Å². The number of imide groups is 1. The van der Waals surface area contributed by atoms with Gasteiger partial charge in [-0.05, 0) is 11.6 Å². The molecule has 1 saturated heterocycles. The maximum atomic E-state index is 11.7. The van der Waals surface area contributed by atoms with Crippen molar-refractivity contribution in [1.82, 2.24) is 10.2 Å². The Labute approximate surface area is 116 Å². The van der Waals surface area contributed by atoms with Crippen LogP contribution in [0.3, 0.4) is 0 Å². The fourth-order valence-corrected chi connectivity index (χ4v) is 2.05. The van der Waals surface area contributed by atoms with E-state index in [1.807, 2.05) is 6.07 Å². The molecule has 0 spiro atoms. The van der Waals surface area contributed by atoms with E-state index in [-0.39, 0.29) is 24.1 Å². The Morgan fingerprint density at radius 3 is 2.90 bits per heavy atom. The molecule has 7 nitrogen and oxygen atoms in total. The van der Waals surface area contributed by atoms with Crippen molar-refractivity contribution in [2.24, 2.45) is 10.9 Å². The minimum atomic E-state index is -0.486. The van der Waals surface area contributed by atoms with Crippen molar-refractivity contribution in [1.29, 1.82) is 0 Å². The number of carbonyl (C=O) groups is 2. The van der Waals surface area contributed by atoms with Gasteiger partial charge in [0.15, 0.2) is 5.84 Å². The Balaban J connectivity index is 2.02. The summed E-state index contributed by atoms with van der Waals surface area (Å²) in [6.45, 7) is 0.421. The summed E-state index contributed by atoms with van der Waals surface area (Å²) in [7, 11) is 1.48. The maximum Gasteiger partial charge on any atom is 0.246 e. The summed E-state index contributed by atoms with van der Waals surface area (Å²) in [6.07, 6.45) is 0.176. The van der Waals surface area contributed by atoms with E-state index in [1.165, 1.54) is 7.05 Å². The lowest BCUT2D eigenvalue weighted by Crippen LogP contribution is -2.36. The van der Waals surface area contributed by atoms with E-state index in [1.54, 1.807) is 18.2 Å². The lowest BCUT2D eigenvalue weighted by Gasteiger charge is -2.11. The van der Waals surface area contributed by atoms with Crippen LogP contribution in [0.15, 0.2) is 29.4 Å². The molecular weight excluding hydrogens is 260 g/mol. The number of nitrogens with zero attached hydrogens (tertiary/aromatic N) is 2. The number of amidine groups is 1. The van der Waals surface area contributed by atoms with Gasteiger partial charge >= 0.3 is 0 Å². The van der Waals surface area contributed by atoms with Crippen molar-refractivity contribution in [3.05, 3.63) is 35.4 Å². The third-order valence-electron chi connectivity index (χ3n) is 3.26. The Kier molecular flexibility index (Phi) is 3.99. The maximum absolute atomic E-state index is 11.7. The molecule has 20 heavy (non-hydrogen) atoms. The number of likely N-dealkylation sites (tertiary alicyclic amines) is 1. The first-order chi connectivity index (χ1) is 9.52. The Bertz CT molecular complexity index is 570. The summed E-state index contributed by atoms with van der Waals surface area (Å²) in [5, 5.41) is 14.6. The van der Waals surface area contributed by atoms with Crippen molar-refractivity contribution >= 4 is 17.6 Å². The number of nitrogens with two attached hydrogens (primary N) is 1. The Morgan fingerprint density at radius 1 is 1.55 bits per heavy atom. The molecular formula is C13H16N4O3. The van der Waals surface area contributed by atoms with Crippen molar-refractivity contribution in [3.63, 3.8) is 0 Å². The van der Waals surface area contributed by atoms with Gasteiger partial charge in [0.05, 0.1) is 12.5 Å². The van der Waals surface area contributed by atoms with Gasteiger partial charge in [0.1, 0.15) is 0 Å². The molecule has 0 bridgehead atoms. The van der Waals surface area contributed by atoms with Gasteiger partial charge in [-0.25, -0.2) is 0 Å². The normalized spacial score (nSPS) is 19.8. The molecule has 4 N–H and O–H groups in total. The number of oxime groups is 1. The minimum Gasteiger partial charge on any atom is -0.409 e. The van der Waals surface area contributed by atoms with E-state index in [0.717, 1.165) is 10.5 Å². The van der Waals surface area contributed by atoms with Gasteiger partial charge < -0.3 is 16.3 Å². The number of rotatable bonds is 4. The molecule has 0 saturated carbocycles. The fourth-order valence-electron chi connectivity index (χ4n) is 2.05. The van der Waals surface area contributed by atoms with Crippen LogP contribution in [0.25, 0.3) is 0 Å². The first-order valence-electron chi connectivity index (χ1n) is 6.13. The molecule has 1 aromatic rings. The number of hydrogen-bond donors (Lipinski definition) is 3. The van der Waals surface area contributed by atoms with Crippen LogP contribution in [0.5, 0.6) is 0 Å².